The molecule has 0 spiro atoms. The Morgan fingerprint density at radius 3 is 2.43 bits per heavy atom. The van der Waals surface area contributed by atoms with Crippen molar-refractivity contribution in [2.45, 2.75) is 33.1 Å². The zero-order valence-corrected chi connectivity index (χ0v) is 16.7. The largest absolute Gasteiger partial charge is 0.361 e. The van der Waals surface area contributed by atoms with Gasteiger partial charge in [-0.2, -0.15) is 0 Å². The molecule has 3 aromatic rings. The molecule has 1 nitrogen and oxygen atoms in total. The first kappa shape index (κ1) is 17.1. The topological polar surface area (TPSA) is 12.0 Å². The Labute approximate surface area is 167 Å². The maximum atomic E-state index is 3.56. The fraction of sp³-hybridized carbons (Fsp3) is 0.185. The van der Waals surface area contributed by atoms with E-state index in [1.54, 1.807) is 0 Å². The molecule has 3 aromatic carbocycles. The lowest BCUT2D eigenvalue weighted by atomic mass is 9.84. The number of aryl methyl sites for hydroxylation is 2. The van der Waals surface area contributed by atoms with Crippen molar-refractivity contribution >= 4 is 11.3 Å². The molecule has 5 rings (SSSR count). The summed E-state index contributed by atoms with van der Waals surface area (Å²) in [6.45, 7) is 6.71. The monoisotopic (exact) mass is 363 g/mol. The van der Waals surface area contributed by atoms with Gasteiger partial charge in [0.1, 0.15) is 0 Å². The predicted molar refractivity (Wildman–Crippen MR) is 120 cm³/mol. The molecular formula is C27H25N. The molecule has 1 unspecified atom stereocenters. The Hall–Kier alpha value is -3.06. The number of anilines is 1. The molecule has 2 aliphatic rings. The van der Waals surface area contributed by atoms with Crippen LogP contribution < -0.4 is 5.32 Å². The first-order chi connectivity index (χ1) is 13.6. The lowest BCUT2D eigenvalue weighted by Gasteiger charge is -2.22. The molecular weight excluding hydrogens is 338 g/mol. The number of nitrogens with one attached hydrogen (secondary N) is 1. The first-order valence-electron chi connectivity index (χ1n) is 10.1. The molecule has 0 fully saturated rings. The summed E-state index contributed by atoms with van der Waals surface area (Å²) in [5.74, 6) is 0.370. The lowest BCUT2D eigenvalue weighted by Crippen LogP contribution is -2.04. The normalized spacial score (nSPS) is 18.5. The van der Waals surface area contributed by atoms with Crippen LogP contribution in [0.15, 0.2) is 78.5 Å². The smallest absolute Gasteiger partial charge is 0.0459 e. The molecule has 1 atom stereocenters. The molecule has 0 bridgehead atoms. The zero-order chi connectivity index (χ0) is 19.3. The van der Waals surface area contributed by atoms with Crippen LogP contribution in [0.3, 0.4) is 0 Å². The average molecular weight is 364 g/mol. The molecule has 1 heterocycles. The summed E-state index contributed by atoms with van der Waals surface area (Å²) >= 11 is 0. The van der Waals surface area contributed by atoms with E-state index in [2.05, 4.69) is 99.0 Å². The van der Waals surface area contributed by atoms with Gasteiger partial charge in [0.25, 0.3) is 0 Å². The number of hydrogen-bond donors (Lipinski definition) is 1. The Bertz CT molecular complexity index is 1150. The number of rotatable bonds is 0. The Morgan fingerprint density at radius 1 is 0.821 bits per heavy atom. The highest BCUT2D eigenvalue weighted by atomic mass is 14.8. The van der Waals surface area contributed by atoms with Crippen molar-refractivity contribution < 1.29 is 0 Å². The van der Waals surface area contributed by atoms with E-state index in [1.165, 1.54) is 50.1 Å². The van der Waals surface area contributed by atoms with Gasteiger partial charge in [-0.05, 0) is 66.3 Å². The van der Waals surface area contributed by atoms with Crippen molar-refractivity contribution in [1.82, 2.24) is 0 Å². The van der Waals surface area contributed by atoms with Crippen molar-refractivity contribution in [2.24, 2.45) is 0 Å². The highest BCUT2D eigenvalue weighted by Gasteiger charge is 2.27. The predicted octanol–water partition coefficient (Wildman–Crippen LogP) is 7.02. The van der Waals surface area contributed by atoms with E-state index in [0.717, 1.165) is 12.1 Å². The summed E-state index contributed by atoms with van der Waals surface area (Å²) in [6, 6.07) is 22.4. The minimum absolute atomic E-state index is 0.370. The molecule has 0 amide bonds. The summed E-state index contributed by atoms with van der Waals surface area (Å²) in [5, 5.41) is 3.56. The second-order valence-electron chi connectivity index (χ2n) is 8.11. The third-order valence-electron chi connectivity index (χ3n) is 6.19. The van der Waals surface area contributed by atoms with Crippen molar-refractivity contribution in [2.75, 3.05) is 5.32 Å². The average Bonchev–Trinajstić information content (AvgIpc) is 3.06. The van der Waals surface area contributed by atoms with E-state index in [9.17, 15) is 0 Å². The molecule has 28 heavy (non-hydrogen) atoms. The molecule has 1 aliphatic heterocycles. The van der Waals surface area contributed by atoms with E-state index >= 15 is 0 Å². The molecule has 0 radical (unpaired) electrons. The lowest BCUT2D eigenvalue weighted by molar-refractivity contribution is 0.869. The van der Waals surface area contributed by atoms with Crippen LogP contribution >= 0.6 is 0 Å². The van der Waals surface area contributed by atoms with Gasteiger partial charge in [0, 0.05) is 23.4 Å². The summed E-state index contributed by atoms with van der Waals surface area (Å²) in [7, 11) is 0. The Balaban J connectivity index is 1.75. The minimum Gasteiger partial charge on any atom is -0.361 e. The Kier molecular flexibility index (Phi) is 3.98. The molecule has 138 valence electrons. The quantitative estimate of drug-likeness (QED) is 0.452. The van der Waals surface area contributed by atoms with Gasteiger partial charge in [-0.25, -0.2) is 0 Å². The van der Waals surface area contributed by atoms with Gasteiger partial charge in [0.15, 0.2) is 0 Å². The number of hydrogen-bond acceptors (Lipinski definition) is 1. The summed E-state index contributed by atoms with van der Waals surface area (Å²) in [6.07, 6.45) is 5.42. The molecule has 0 saturated heterocycles. The molecule has 1 N–H and O–H groups in total. The Morgan fingerprint density at radius 2 is 1.57 bits per heavy atom. The van der Waals surface area contributed by atoms with Crippen molar-refractivity contribution in [3.8, 4) is 11.1 Å². The summed E-state index contributed by atoms with van der Waals surface area (Å²) in [4.78, 5) is 0. The first-order valence-corrected chi connectivity index (χ1v) is 10.1. The molecule has 0 saturated carbocycles. The number of fused-ring (bicyclic) bond motifs is 5. The van der Waals surface area contributed by atoms with Gasteiger partial charge >= 0.3 is 0 Å². The van der Waals surface area contributed by atoms with Crippen LogP contribution in [0.4, 0.5) is 5.69 Å². The molecule has 1 aliphatic carbocycles. The highest BCUT2D eigenvalue weighted by Crippen LogP contribution is 2.45. The maximum absolute atomic E-state index is 3.56. The standard InChI is InChI=1S/C27H25N/c1-17-8-10-20-16-24-19(3)21-6-4-5-7-22(21)26-15-18(2)9-11-27(26)28-13-12-23(24)25(20)14-17/h4-15,19,28H,16H2,1-3H3/b13-12+. The second kappa shape index (κ2) is 6.53. The fourth-order valence-corrected chi connectivity index (χ4v) is 4.68. The number of benzene rings is 3. The van der Waals surface area contributed by atoms with Crippen LogP contribution in [-0.2, 0) is 6.42 Å². The van der Waals surface area contributed by atoms with E-state index in [0.29, 0.717) is 5.92 Å². The van der Waals surface area contributed by atoms with E-state index in [-0.39, 0.29) is 0 Å². The van der Waals surface area contributed by atoms with Crippen molar-refractivity contribution in [1.29, 1.82) is 0 Å². The number of allylic oxidation sites excluding steroid dienone is 3. The third-order valence-corrected chi connectivity index (χ3v) is 6.19. The molecule has 1 heteroatoms. The van der Waals surface area contributed by atoms with E-state index in [1.807, 2.05) is 0 Å². The highest BCUT2D eigenvalue weighted by molar-refractivity contribution is 5.88. The van der Waals surface area contributed by atoms with Gasteiger partial charge in [0.2, 0.25) is 0 Å². The third kappa shape index (κ3) is 2.70. The van der Waals surface area contributed by atoms with Crippen LogP contribution in [0, 0.1) is 13.8 Å². The van der Waals surface area contributed by atoms with E-state index < -0.39 is 0 Å². The second-order valence-corrected chi connectivity index (χ2v) is 8.11. The minimum atomic E-state index is 0.370. The van der Waals surface area contributed by atoms with Gasteiger partial charge in [-0.15, -0.1) is 0 Å². The summed E-state index contributed by atoms with van der Waals surface area (Å²) < 4.78 is 0. The van der Waals surface area contributed by atoms with Crippen LogP contribution in [-0.4, -0.2) is 0 Å². The van der Waals surface area contributed by atoms with E-state index in [4.69, 9.17) is 0 Å². The van der Waals surface area contributed by atoms with Crippen LogP contribution in [0.2, 0.25) is 0 Å². The van der Waals surface area contributed by atoms with Gasteiger partial charge in [-0.1, -0.05) is 72.2 Å². The molecule has 0 aromatic heterocycles. The SMILES string of the molecule is Cc1ccc2c(c1)C1=C(C2)C(C)c2ccccc2-c2cc(C)ccc2N/C=C/1. The van der Waals surface area contributed by atoms with Gasteiger partial charge in [0.05, 0.1) is 0 Å². The van der Waals surface area contributed by atoms with Crippen molar-refractivity contribution in [3.05, 3.63) is 106 Å². The van der Waals surface area contributed by atoms with Gasteiger partial charge < -0.3 is 5.32 Å². The summed E-state index contributed by atoms with van der Waals surface area (Å²) in [5.41, 5.74) is 13.5. The zero-order valence-electron chi connectivity index (χ0n) is 16.7. The fourth-order valence-electron chi connectivity index (χ4n) is 4.68. The van der Waals surface area contributed by atoms with Crippen LogP contribution in [0.5, 0.6) is 0 Å². The van der Waals surface area contributed by atoms with Gasteiger partial charge in [-0.3, -0.25) is 0 Å². The maximum Gasteiger partial charge on any atom is 0.0459 e. The van der Waals surface area contributed by atoms with Crippen molar-refractivity contribution in [3.63, 3.8) is 0 Å². The van der Waals surface area contributed by atoms with Crippen LogP contribution in [0.25, 0.3) is 16.7 Å². The van der Waals surface area contributed by atoms with Crippen LogP contribution in [0.1, 0.15) is 40.7 Å².